The Hall–Kier alpha value is -3.53. The zero-order chi connectivity index (χ0) is 38.2. The summed E-state index contributed by atoms with van der Waals surface area (Å²) >= 11 is 0. The Morgan fingerprint density at radius 1 is 0.833 bits per heavy atom. The summed E-state index contributed by atoms with van der Waals surface area (Å²) in [6.45, 7) is 3.00. The van der Waals surface area contributed by atoms with Gasteiger partial charge >= 0.3 is 0 Å². The molecule has 0 radical (unpaired) electrons. The molecule has 54 heavy (non-hydrogen) atoms. The van der Waals surface area contributed by atoms with Crippen LogP contribution in [0.4, 0.5) is 5.82 Å². The molecule has 2 amide bonds. The number of anilines is 1. The molecule has 1 aliphatic heterocycles. The van der Waals surface area contributed by atoms with Crippen LogP contribution >= 0.6 is 0 Å². The van der Waals surface area contributed by atoms with Crippen molar-refractivity contribution in [2.24, 2.45) is 0 Å². The molecule has 4 N–H and O–H groups in total. The molecule has 0 bridgehead atoms. The Kier molecular flexibility index (Phi) is 20.4. The molecule has 4 rings (SSSR count). The number of aromatic nitrogens is 4. The van der Waals surface area contributed by atoms with E-state index in [9.17, 15) is 19.8 Å². The third-order valence-corrected chi connectivity index (χ3v) is 9.69. The van der Waals surface area contributed by atoms with Crippen molar-refractivity contribution < 1.29 is 38.7 Å². The van der Waals surface area contributed by atoms with Gasteiger partial charge in [0.15, 0.2) is 23.2 Å². The Labute approximate surface area is 319 Å². The van der Waals surface area contributed by atoms with Gasteiger partial charge in [0.05, 0.1) is 32.8 Å². The minimum absolute atomic E-state index is 0.0521. The summed E-state index contributed by atoms with van der Waals surface area (Å²) in [5, 5.41) is 26.3. The molecule has 2 aromatic heterocycles. The van der Waals surface area contributed by atoms with Crippen molar-refractivity contribution in [1.29, 1.82) is 0 Å². The highest BCUT2D eigenvalue weighted by atomic mass is 16.7. The lowest BCUT2D eigenvalue weighted by atomic mass is 10.0. The molecule has 3 aromatic rings. The predicted octanol–water partition coefficient (Wildman–Crippen LogP) is 6.08. The molecule has 14 nitrogen and oxygen atoms in total. The number of rotatable bonds is 29. The van der Waals surface area contributed by atoms with E-state index < -0.39 is 31.1 Å². The van der Waals surface area contributed by atoms with Crippen LogP contribution in [0.2, 0.25) is 0 Å². The fourth-order valence-corrected chi connectivity index (χ4v) is 6.59. The summed E-state index contributed by atoms with van der Waals surface area (Å²) in [4.78, 5) is 37.8. The first-order valence-electron chi connectivity index (χ1n) is 20.1. The van der Waals surface area contributed by atoms with Crippen molar-refractivity contribution >= 4 is 28.8 Å². The van der Waals surface area contributed by atoms with E-state index in [-0.39, 0.29) is 31.0 Å². The summed E-state index contributed by atoms with van der Waals surface area (Å²) in [6.07, 6.45) is 18.9. The smallest absolute Gasteiger partial charge is 0.256 e. The maximum atomic E-state index is 12.7. The second-order valence-corrected chi connectivity index (χ2v) is 13.9. The number of hydrogen-bond acceptors (Lipinski definition) is 11. The number of nitrogens with zero attached hydrogens (tertiary/aromatic N) is 4. The molecule has 0 saturated carbocycles. The number of nitrogens with one attached hydrogen (secondary N) is 2. The highest BCUT2D eigenvalue weighted by Crippen LogP contribution is 2.34. The summed E-state index contributed by atoms with van der Waals surface area (Å²) in [7, 11) is 0. The van der Waals surface area contributed by atoms with E-state index in [1.807, 2.05) is 6.07 Å². The molecule has 3 heterocycles. The van der Waals surface area contributed by atoms with Crippen LogP contribution in [0.3, 0.4) is 0 Å². The van der Waals surface area contributed by atoms with Crippen molar-refractivity contribution in [2.45, 2.75) is 134 Å². The lowest BCUT2D eigenvalue weighted by Gasteiger charge is -2.22. The Bertz CT molecular complexity index is 1480. The molecule has 4 atom stereocenters. The van der Waals surface area contributed by atoms with Gasteiger partial charge in [0.1, 0.15) is 31.4 Å². The zero-order valence-electron chi connectivity index (χ0n) is 32.0. The predicted molar refractivity (Wildman–Crippen MR) is 206 cm³/mol. The number of aliphatic hydroxyl groups is 2. The Balaban J connectivity index is 1.04. The summed E-state index contributed by atoms with van der Waals surface area (Å²) in [6, 6.07) is 8.73. The van der Waals surface area contributed by atoms with Gasteiger partial charge in [0.25, 0.3) is 5.91 Å². The van der Waals surface area contributed by atoms with Gasteiger partial charge in [-0.05, 0) is 18.6 Å². The van der Waals surface area contributed by atoms with Crippen LogP contribution < -0.4 is 10.6 Å². The Morgan fingerprint density at radius 2 is 1.48 bits per heavy atom. The number of hydrogen-bond donors (Lipinski definition) is 4. The van der Waals surface area contributed by atoms with Gasteiger partial charge in [0, 0.05) is 18.5 Å². The molecule has 4 unspecified atom stereocenters. The highest BCUT2D eigenvalue weighted by molar-refractivity contribution is 6.06. The third kappa shape index (κ3) is 14.6. The number of carbonyl (C=O) groups is 2. The molecular weight excluding hydrogens is 692 g/mol. The summed E-state index contributed by atoms with van der Waals surface area (Å²) < 4.78 is 24.5. The van der Waals surface area contributed by atoms with Crippen LogP contribution in [0, 0.1) is 0 Å². The average molecular weight is 755 g/mol. The molecule has 0 aliphatic carbocycles. The minimum Gasteiger partial charge on any atom is -0.394 e. The minimum atomic E-state index is -1.16. The Morgan fingerprint density at radius 3 is 2.15 bits per heavy atom. The van der Waals surface area contributed by atoms with E-state index in [1.165, 1.54) is 96.1 Å². The van der Waals surface area contributed by atoms with Crippen LogP contribution in [0.1, 0.15) is 126 Å². The molecule has 0 spiro atoms. The summed E-state index contributed by atoms with van der Waals surface area (Å²) in [5.41, 5.74) is 1.12. The van der Waals surface area contributed by atoms with Crippen LogP contribution in [0.5, 0.6) is 0 Å². The van der Waals surface area contributed by atoms with Gasteiger partial charge < -0.3 is 39.8 Å². The highest BCUT2D eigenvalue weighted by Gasteiger charge is 2.46. The van der Waals surface area contributed by atoms with Crippen molar-refractivity contribution in [3.63, 3.8) is 0 Å². The van der Waals surface area contributed by atoms with E-state index >= 15 is 0 Å². The largest absolute Gasteiger partial charge is 0.394 e. The van der Waals surface area contributed by atoms with Crippen molar-refractivity contribution in [1.82, 2.24) is 24.8 Å². The second kappa shape index (κ2) is 25.5. The van der Waals surface area contributed by atoms with Gasteiger partial charge in [0.2, 0.25) is 5.91 Å². The van der Waals surface area contributed by atoms with Gasteiger partial charge in [-0.1, -0.05) is 115 Å². The SMILES string of the molecule is CCCCCCCCCCCCCCCCCC(=O)NCCOCCOCOC1C(O)C(CO)OC1n1cnc2c(NC(=O)c3ccccc3)ncnc21. The number of benzene rings is 1. The van der Waals surface area contributed by atoms with Gasteiger partial charge in [-0.15, -0.1) is 0 Å². The molecule has 14 heteroatoms. The number of unbranched alkanes of at least 4 members (excludes halogenated alkanes) is 14. The monoisotopic (exact) mass is 754 g/mol. The molecule has 1 fully saturated rings. The first kappa shape index (κ1) is 43.2. The lowest BCUT2D eigenvalue weighted by molar-refractivity contribution is -0.143. The molecule has 1 aliphatic rings. The van der Waals surface area contributed by atoms with E-state index in [0.717, 1.165) is 12.8 Å². The van der Waals surface area contributed by atoms with E-state index in [4.69, 9.17) is 18.9 Å². The maximum absolute atomic E-state index is 12.7. The number of imidazole rings is 1. The fraction of sp³-hybridized carbons (Fsp3) is 0.675. The lowest BCUT2D eigenvalue weighted by Crippen LogP contribution is -2.36. The van der Waals surface area contributed by atoms with Crippen LogP contribution in [-0.4, -0.2) is 99.6 Å². The summed E-state index contributed by atoms with van der Waals surface area (Å²) in [5.74, 6) is -0.0857. The van der Waals surface area contributed by atoms with Crippen molar-refractivity contribution in [3.8, 4) is 0 Å². The van der Waals surface area contributed by atoms with Crippen LogP contribution in [0.15, 0.2) is 43.0 Å². The molecule has 1 saturated heterocycles. The molecule has 1 aromatic carbocycles. The van der Waals surface area contributed by atoms with E-state index in [1.54, 1.807) is 28.8 Å². The third-order valence-electron chi connectivity index (χ3n) is 9.69. The maximum Gasteiger partial charge on any atom is 0.256 e. The molecular formula is C40H62N6O8. The first-order chi connectivity index (χ1) is 26.5. The van der Waals surface area contributed by atoms with Gasteiger partial charge in [-0.25, -0.2) is 15.0 Å². The van der Waals surface area contributed by atoms with Gasteiger partial charge in [-0.2, -0.15) is 0 Å². The van der Waals surface area contributed by atoms with Crippen molar-refractivity contribution in [2.75, 3.05) is 45.1 Å². The second-order valence-electron chi connectivity index (χ2n) is 13.9. The topological polar surface area (TPSA) is 179 Å². The van der Waals surface area contributed by atoms with E-state index in [0.29, 0.717) is 42.9 Å². The standard InChI is InChI=1S/C40H62N6O8/c1-2-3-4-5-6-7-8-9-10-11-12-13-14-15-19-22-33(48)41-23-24-51-25-26-52-30-53-36-35(49)32(27-47)54-40(36)46-29-44-34-37(42-28-43-38(34)46)45-39(50)31-20-17-16-18-21-31/h16-18,20-21,28-29,32,35-36,40,47,49H,2-15,19,22-27,30H2,1H3,(H,41,48)(H,42,43,45,50). The van der Waals surface area contributed by atoms with E-state index in [2.05, 4.69) is 32.5 Å². The number of ether oxygens (including phenoxy) is 4. The average Bonchev–Trinajstić information content (AvgIpc) is 3.76. The molecule has 300 valence electrons. The van der Waals surface area contributed by atoms with Gasteiger partial charge in [-0.3, -0.25) is 14.2 Å². The van der Waals surface area contributed by atoms with Crippen molar-refractivity contribution in [3.05, 3.63) is 48.5 Å². The van der Waals surface area contributed by atoms with Crippen LogP contribution in [0.25, 0.3) is 11.2 Å². The van der Waals surface area contributed by atoms with Crippen LogP contribution in [-0.2, 0) is 23.7 Å². The first-order valence-corrected chi connectivity index (χ1v) is 20.1. The number of amides is 2. The number of aliphatic hydroxyl groups excluding tert-OH is 2. The zero-order valence-corrected chi connectivity index (χ0v) is 32.0. The number of fused-ring (bicyclic) bond motifs is 1. The fourth-order valence-electron chi connectivity index (χ4n) is 6.59. The quantitative estimate of drug-likeness (QED) is 0.0477. The normalized spacial score (nSPS) is 18.4. The number of carbonyl (C=O) groups excluding carboxylic acids is 2.